The van der Waals surface area contributed by atoms with Crippen molar-refractivity contribution >= 4 is 37.4 Å². The van der Waals surface area contributed by atoms with Crippen molar-refractivity contribution < 1.29 is 12.8 Å². The number of hydrogen-bond donors (Lipinski definition) is 0. The molecule has 0 aromatic heterocycles. The molecule has 0 bridgehead atoms. The van der Waals surface area contributed by atoms with Crippen LogP contribution in [0.3, 0.4) is 0 Å². The molecular formula is C11H13BrClFO2S. The Morgan fingerprint density at radius 1 is 1.41 bits per heavy atom. The summed E-state index contributed by atoms with van der Waals surface area (Å²) in [6.45, 7) is 3.11. The highest BCUT2D eigenvalue weighted by Crippen LogP contribution is 2.36. The molecule has 17 heavy (non-hydrogen) atoms. The minimum Gasteiger partial charge on any atom is -0.228 e. The Hall–Kier alpha value is -0.130. The van der Waals surface area contributed by atoms with Gasteiger partial charge in [-0.2, -0.15) is 0 Å². The largest absolute Gasteiger partial charge is 0.228 e. The lowest BCUT2D eigenvalue weighted by Crippen LogP contribution is -2.28. The van der Waals surface area contributed by atoms with Crippen molar-refractivity contribution in [2.75, 3.05) is 6.26 Å². The van der Waals surface area contributed by atoms with E-state index in [-0.39, 0.29) is 5.02 Å². The van der Waals surface area contributed by atoms with E-state index < -0.39 is 20.4 Å². The van der Waals surface area contributed by atoms with E-state index in [9.17, 15) is 12.8 Å². The van der Waals surface area contributed by atoms with Crippen molar-refractivity contribution in [3.63, 3.8) is 0 Å². The van der Waals surface area contributed by atoms with Crippen LogP contribution in [0.25, 0.3) is 0 Å². The highest BCUT2D eigenvalue weighted by Gasteiger charge is 2.34. The molecule has 0 saturated carbocycles. The number of halogens is 3. The van der Waals surface area contributed by atoms with Gasteiger partial charge in [-0.1, -0.05) is 27.5 Å². The Labute approximate surface area is 114 Å². The van der Waals surface area contributed by atoms with Crippen LogP contribution >= 0.6 is 27.5 Å². The van der Waals surface area contributed by atoms with Crippen LogP contribution < -0.4 is 0 Å². The lowest BCUT2D eigenvalue weighted by atomic mass is 10.00. The minimum absolute atomic E-state index is 0.127. The van der Waals surface area contributed by atoms with E-state index in [1.54, 1.807) is 13.8 Å². The fourth-order valence-corrected chi connectivity index (χ4v) is 2.80. The van der Waals surface area contributed by atoms with Crippen molar-refractivity contribution in [3.05, 3.63) is 34.1 Å². The normalized spacial score (nSPS) is 12.8. The van der Waals surface area contributed by atoms with Crippen molar-refractivity contribution in [1.82, 2.24) is 0 Å². The molecule has 0 N–H and O–H groups in total. The van der Waals surface area contributed by atoms with Gasteiger partial charge in [0.1, 0.15) is 5.82 Å². The Balaban J connectivity index is 3.52. The molecule has 6 heteroatoms. The molecule has 1 aromatic carbocycles. The zero-order valence-corrected chi connectivity index (χ0v) is 12.9. The Morgan fingerprint density at radius 3 is 2.35 bits per heavy atom. The second kappa shape index (κ2) is 4.86. The molecule has 0 aliphatic carbocycles. The highest BCUT2D eigenvalue weighted by atomic mass is 79.9. The molecule has 0 aliphatic heterocycles. The number of alkyl halides is 1. The summed E-state index contributed by atoms with van der Waals surface area (Å²) in [5.74, 6) is -0.445. The van der Waals surface area contributed by atoms with Crippen LogP contribution in [0.2, 0.25) is 5.02 Å². The van der Waals surface area contributed by atoms with Crippen LogP contribution in [0.1, 0.15) is 25.0 Å². The third-order valence-electron chi connectivity index (χ3n) is 2.86. The molecule has 0 amide bonds. The summed E-state index contributed by atoms with van der Waals surface area (Å²) in [5, 5.41) is 0.436. The van der Waals surface area contributed by atoms with E-state index in [4.69, 9.17) is 11.6 Å². The first kappa shape index (κ1) is 14.9. The van der Waals surface area contributed by atoms with Crippen molar-refractivity contribution in [3.8, 4) is 0 Å². The molecule has 0 aliphatic rings. The van der Waals surface area contributed by atoms with Crippen LogP contribution in [0, 0.1) is 5.82 Å². The van der Waals surface area contributed by atoms with Gasteiger partial charge in [0.25, 0.3) is 0 Å². The fourth-order valence-electron chi connectivity index (χ4n) is 1.36. The lowest BCUT2D eigenvalue weighted by molar-refractivity contribution is 0.559. The molecule has 2 nitrogen and oxygen atoms in total. The van der Waals surface area contributed by atoms with E-state index in [1.807, 2.05) is 0 Å². The molecule has 0 unspecified atom stereocenters. The standard InChI is InChI=1S/C11H13BrClFO2S/c1-11(2,17(3,15)16)8-4-7(6-12)10(14)5-9(8)13/h4-5H,6H2,1-3H3. The third-order valence-corrected chi connectivity index (χ3v) is 5.85. The molecular weight excluding hydrogens is 331 g/mol. The van der Waals surface area contributed by atoms with Gasteiger partial charge in [0.15, 0.2) is 9.84 Å². The van der Waals surface area contributed by atoms with E-state index in [1.165, 1.54) is 6.07 Å². The molecule has 0 radical (unpaired) electrons. The van der Waals surface area contributed by atoms with Crippen molar-refractivity contribution in [2.24, 2.45) is 0 Å². The fraction of sp³-hybridized carbons (Fsp3) is 0.455. The zero-order valence-electron chi connectivity index (χ0n) is 9.72. The van der Waals surface area contributed by atoms with Gasteiger partial charge in [-0.05, 0) is 37.1 Å². The average Bonchev–Trinajstić information content (AvgIpc) is 2.15. The van der Waals surface area contributed by atoms with Crippen LogP contribution in [-0.2, 0) is 19.9 Å². The first-order valence-corrected chi connectivity index (χ1v) is 8.24. The van der Waals surface area contributed by atoms with Crippen LogP contribution in [0.5, 0.6) is 0 Å². The smallest absolute Gasteiger partial charge is 0.156 e. The number of benzene rings is 1. The zero-order chi connectivity index (χ0) is 13.4. The van der Waals surface area contributed by atoms with Crippen LogP contribution in [0.4, 0.5) is 4.39 Å². The Morgan fingerprint density at radius 2 is 1.94 bits per heavy atom. The summed E-state index contributed by atoms with van der Waals surface area (Å²) in [4.78, 5) is 0. The monoisotopic (exact) mass is 342 g/mol. The average molecular weight is 344 g/mol. The van der Waals surface area contributed by atoms with Gasteiger partial charge in [-0.15, -0.1) is 0 Å². The van der Waals surface area contributed by atoms with E-state index >= 15 is 0 Å². The molecule has 0 fully saturated rings. The van der Waals surface area contributed by atoms with Gasteiger partial charge >= 0.3 is 0 Å². The van der Waals surface area contributed by atoms with Gasteiger partial charge in [-0.3, -0.25) is 0 Å². The topological polar surface area (TPSA) is 34.1 Å². The summed E-state index contributed by atoms with van der Waals surface area (Å²) in [6, 6.07) is 2.65. The second-order valence-corrected chi connectivity index (χ2v) is 7.87. The third kappa shape index (κ3) is 2.83. The number of rotatable bonds is 3. The van der Waals surface area contributed by atoms with Gasteiger partial charge in [0.05, 0.1) is 4.75 Å². The quantitative estimate of drug-likeness (QED) is 0.785. The number of hydrogen-bond acceptors (Lipinski definition) is 2. The molecule has 0 spiro atoms. The SMILES string of the molecule is CC(C)(c1cc(CBr)c(F)cc1Cl)S(C)(=O)=O. The summed E-state index contributed by atoms with van der Waals surface area (Å²) in [5.41, 5.74) is 0.804. The van der Waals surface area contributed by atoms with E-state index in [2.05, 4.69) is 15.9 Å². The molecule has 1 rings (SSSR count). The maximum absolute atomic E-state index is 13.5. The van der Waals surface area contributed by atoms with Crippen LogP contribution in [0.15, 0.2) is 12.1 Å². The van der Waals surface area contributed by atoms with Gasteiger partial charge < -0.3 is 0 Å². The second-order valence-electron chi connectivity index (χ2n) is 4.34. The molecule has 96 valence electrons. The van der Waals surface area contributed by atoms with Crippen molar-refractivity contribution in [1.29, 1.82) is 0 Å². The maximum Gasteiger partial charge on any atom is 0.156 e. The van der Waals surface area contributed by atoms with E-state index in [0.717, 1.165) is 12.3 Å². The minimum atomic E-state index is -3.34. The number of sulfone groups is 1. The van der Waals surface area contributed by atoms with Crippen molar-refractivity contribution in [2.45, 2.75) is 23.9 Å². The summed E-state index contributed by atoms with van der Waals surface area (Å²) in [6.07, 6.45) is 1.14. The molecule has 0 saturated heterocycles. The Bertz CT molecular complexity index is 541. The van der Waals surface area contributed by atoms with Gasteiger partial charge in [0.2, 0.25) is 0 Å². The molecule has 1 aromatic rings. The van der Waals surface area contributed by atoms with E-state index in [0.29, 0.717) is 16.5 Å². The van der Waals surface area contributed by atoms with Gasteiger partial charge in [-0.25, -0.2) is 12.8 Å². The predicted octanol–water partition coefficient (Wildman–Crippen LogP) is 3.65. The predicted molar refractivity (Wildman–Crippen MR) is 71.9 cm³/mol. The Kier molecular flexibility index (Phi) is 4.27. The summed E-state index contributed by atoms with van der Waals surface area (Å²) in [7, 11) is -3.34. The lowest BCUT2D eigenvalue weighted by Gasteiger charge is -2.25. The maximum atomic E-state index is 13.5. The molecule has 0 atom stereocenters. The first-order chi connectivity index (χ1) is 7.61. The molecule has 0 heterocycles. The van der Waals surface area contributed by atoms with Crippen LogP contribution in [-0.4, -0.2) is 14.7 Å². The van der Waals surface area contributed by atoms with Gasteiger partial charge in [0, 0.05) is 16.6 Å². The summed E-state index contributed by atoms with van der Waals surface area (Å²) < 4.78 is 35.8. The first-order valence-electron chi connectivity index (χ1n) is 4.85. The highest BCUT2D eigenvalue weighted by molar-refractivity contribution is 9.08. The summed E-state index contributed by atoms with van der Waals surface area (Å²) >= 11 is 9.08.